The van der Waals surface area contributed by atoms with Crippen molar-refractivity contribution < 1.29 is 4.79 Å². The van der Waals surface area contributed by atoms with Gasteiger partial charge in [-0.05, 0) is 51.0 Å². The fourth-order valence-electron chi connectivity index (χ4n) is 3.17. The van der Waals surface area contributed by atoms with Crippen LogP contribution in [0.25, 0.3) is 0 Å². The van der Waals surface area contributed by atoms with Gasteiger partial charge >= 0.3 is 6.03 Å². The lowest BCUT2D eigenvalue weighted by atomic mass is 10.1. The molecular formula is C18H25N5O. The molecule has 0 spiro atoms. The Bertz CT molecular complexity index is 724. The summed E-state index contributed by atoms with van der Waals surface area (Å²) in [6, 6.07) is 5.97. The van der Waals surface area contributed by atoms with Gasteiger partial charge in [-0.15, -0.1) is 0 Å². The van der Waals surface area contributed by atoms with E-state index in [1.807, 2.05) is 36.9 Å². The number of amides is 2. The summed E-state index contributed by atoms with van der Waals surface area (Å²) in [5.41, 5.74) is 6.54. The molecule has 1 aliphatic rings. The molecule has 2 amide bonds. The molecule has 0 unspecified atom stereocenters. The second kappa shape index (κ2) is 6.55. The maximum atomic E-state index is 12.5. The molecule has 1 aromatic carbocycles. The molecule has 0 aliphatic carbocycles. The third-order valence-corrected chi connectivity index (χ3v) is 4.73. The van der Waals surface area contributed by atoms with Gasteiger partial charge in [-0.25, -0.2) is 4.79 Å². The van der Waals surface area contributed by atoms with E-state index in [0.29, 0.717) is 13.1 Å². The first-order valence-corrected chi connectivity index (χ1v) is 8.35. The molecule has 6 heteroatoms. The predicted molar refractivity (Wildman–Crippen MR) is 96.8 cm³/mol. The minimum Gasteiger partial charge on any atom is -0.365 e. The van der Waals surface area contributed by atoms with Crippen LogP contribution in [0.5, 0.6) is 0 Å². The molecule has 2 aromatic rings. The zero-order chi connectivity index (χ0) is 17.3. The number of aryl methyl sites for hydroxylation is 4. The maximum Gasteiger partial charge on any atom is 0.321 e. The number of piperazine rings is 1. The number of anilines is 2. The van der Waals surface area contributed by atoms with Gasteiger partial charge < -0.3 is 15.1 Å². The van der Waals surface area contributed by atoms with Gasteiger partial charge in [-0.2, -0.15) is 5.10 Å². The molecule has 6 nitrogen and oxygen atoms in total. The number of H-pyrrole nitrogens is 1. The Kier molecular flexibility index (Phi) is 4.46. The topological polar surface area (TPSA) is 64.3 Å². The molecule has 3 rings (SSSR count). The number of hydrogen-bond acceptors (Lipinski definition) is 3. The molecule has 1 saturated heterocycles. The Morgan fingerprint density at radius 1 is 1.08 bits per heavy atom. The second-order valence-corrected chi connectivity index (χ2v) is 6.49. The quantitative estimate of drug-likeness (QED) is 0.891. The third-order valence-electron chi connectivity index (χ3n) is 4.73. The fourth-order valence-corrected chi connectivity index (χ4v) is 3.17. The van der Waals surface area contributed by atoms with Crippen LogP contribution in [0, 0.1) is 27.7 Å². The first-order valence-electron chi connectivity index (χ1n) is 8.35. The Morgan fingerprint density at radius 3 is 2.38 bits per heavy atom. The SMILES string of the molecule is Cc1ccc(NC(=O)N2CCN(c3c(C)n[nH]c3C)CC2)cc1C. The lowest BCUT2D eigenvalue weighted by Gasteiger charge is -2.36. The van der Waals surface area contributed by atoms with Crippen LogP contribution in [-0.2, 0) is 0 Å². The summed E-state index contributed by atoms with van der Waals surface area (Å²) in [4.78, 5) is 16.6. The number of aromatic amines is 1. The second-order valence-electron chi connectivity index (χ2n) is 6.49. The van der Waals surface area contributed by atoms with Gasteiger partial charge in [-0.3, -0.25) is 5.10 Å². The average molecular weight is 327 g/mol. The largest absolute Gasteiger partial charge is 0.365 e. The normalized spacial score (nSPS) is 14.8. The minimum absolute atomic E-state index is 0.0291. The molecule has 1 aromatic heterocycles. The van der Waals surface area contributed by atoms with E-state index in [4.69, 9.17) is 0 Å². The zero-order valence-electron chi connectivity index (χ0n) is 14.8. The van der Waals surface area contributed by atoms with Crippen molar-refractivity contribution in [1.82, 2.24) is 15.1 Å². The summed E-state index contributed by atoms with van der Waals surface area (Å²) < 4.78 is 0. The number of aromatic nitrogens is 2. The number of nitrogens with one attached hydrogen (secondary N) is 2. The maximum absolute atomic E-state index is 12.5. The third kappa shape index (κ3) is 3.22. The van der Waals surface area contributed by atoms with E-state index in [1.54, 1.807) is 0 Å². The minimum atomic E-state index is -0.0291. The zero-order valence-corrected chi connectivity index (χ0v) is 14.8. The summed E-state index contributed by atoms with van der Waals surface area (Å²) in [7, 11) is 0. The van der Waals surface area contributed by atoms with Gasteiger partial charge in [0.15, 0.2) is 0 Å². The van der Waals surface area contributed by atoms with Crippen LogP contribution in [0.15, 0.2) is 18.2 Å². The van der Waals surface area contributed by atoms with E-state index in [2.05, 4.69) is 34.3 Å². The van der Waals surface area contributed by atoms with E-state index >= 15 is 0 Å². The standard InChI is InChI=1S/C18H25N5O/c1-12-5-6-16(11-13(12)2)19-18(24)23-9-7-22(8-10-23)17-14(3)20-21-15(17)4/h5-6,11H,7-10H2,1-4H3,(H,19,24)(H,20,21). The number of carbonyl (C=O) groups is 1. The number of hydrogen-bond donors (Lipinski definition) is 2. The van der Waals surface area contributed by atoms with Crippen molar-refractivity contribution in [1.29, 1.82) is 0 Å². The van der Waals surface area contributed by atoms with Crippen LogP contribution < -0.4 is 10.2 Å². The summed E-state index contributed by atoms with van der Waals surface area (Å²) in [5.74, 6) is 0. The van der Waals surface area contributed by atoms with Gasteiger partial charge in [0.1, 0.15) is 0 Å². The summed E-state index contributed by atoms with van der Waals surface area (Å²) in [5, 5.41) is 10.3. The summed E-state index contributed by atoms with van der Waals surface area (Å²) >= 11 is 0. The van der Waals surface area contributed by atoms with E-state index in [9.17, 15) is 4.79 Å². The predicted octanol–water partition coefficient (Wildman–Crippen LogP) is 3.00. The Hall–Kier alpha value is -2.50. The van der Waals surface area contributed by atoms with Crippen molar-refractivity contribution in [3.8, 4) is 0 Å². The highest BCUT2D eigenvalue weighted by atomic mass is 16.2. The number of urea groups is 1. The lowest BCUT2D eigenvalue weighted by molar-refractivity contribution is 0.208. The Labute approximate surface area is 142 Å². The average Bonchev–Trinajstić information content (AvgIpc) is 2.90. The van der Waals surface area contributed by atoms with Crippen LogP contribution in [0.2, 0.25) is 0 Å². The summed E-state index contributed by atoms with van der Waals surface area (Å²) in [6.45, 7) is 11.2. The first-order chi connectivity index (χ1) is 11.5. The van der Waals surface area contributed by atoms with Crippen LogP contribution in [0.4, 0.5) is 16.2 Å². The first kappa shape index (κ1) is 16.4. The molecular weight excluding hydrogens is 302 g/mol. The van der Waals surface area contributed by atoms with Gasteiger partial charge in [-0.1, -0.05) is 6.07 Å². The van der Waals surface area contributed by atoms with Gasteiger partial charge in [0.2, 0.25) is 0 Å². The van der Waals surface area contributed by atoms with Crippen LogP contribution in [0.1, 0.15) is 22.5 Å². The van der Waals surface area contributed by atoms with E-state index < -0.39 is 0 Å². The van der Waals surface area contributed by atoms with Gasteiger partial charge in [0.25, 0.3) is 0 Å². The van der Waals surface area contributed by atoms with Crippen molar-refractivity contribution in [3.05, 3.63) is 40.7 Å². The van der Waals surface area contributed by atoms with Gasteiger partial charge in [0.05, 0.1) is 17.1 Å². The van der Waals surface area contributed by atoms with Crippen molar-refractivity contribution in [2.24, 2.45) is 0 Å². The summed E-state index contributed by atoms with van der Waals surface area (Å²) in [6.07, 6.45) is 0. The van der Waals surface area contributed by atoms with E-state index in [1.165, 1.54) is 16.8 Å². The highest BCUT2D eigenvalue weighted by Crippen LogP contribution is 2.23. The van der Waals surface area contributed by atoms with Crippen molar-refractivity contribution >= 4 is 17.4 Å². The Morgan fingerprint density at radius 2 is 1.79 bits per heavy atom. The van der Waals surface area contributed by atoms with E-state index in [0.717, 1.165) is 30.2 Å². The number of carbonyl (C=O) groups excluding carboxylic acids is 1. The van der Waals surface area contributed by atoms with Crippen molar-refractivity contribution in [2.75, 3.05) is 36.4 Å². The monoisotopic (exact) mass is 327 g/mol. The Balaban J connectivity index is 1.60. The molecule has 24 heavy (non-hydrogen) atoms. The number of rotatable bonds is 2. The molecule has 0 saturated carbocycles. The molecule has 0 radical (unpaired) electrons. The fraction of sp³-hybridized carbons (Fsp3) is 0.444. The molecule has 1 aliphatic heterocycles. The van der Waals surface area contributed by atoms with Crippen molar-refractivity contribution in [2.45, 2.75) is 27.7 Å². The molecule has 2 N–H and O–H groups in total. The number of nitrogens with zero attached hydrogens (tertiary/aromatic N) is 3. The van der Waals surface area contributed by atoms with Crippen molar-refractivity contribution in [3.63, 3.8) is 0 Å². The molecule has 128 valence electrons. The van der Waals surface area contributed by atoms with Crippen LogP contribution in [-0.4, -0.2) is 47.3 Å². The lowest BCUT2D eigenvalue weighted by Crippen LogP contribution is -2.50. The molecule has 0 bridgehead atoms. The van der Waals surface area contributed by atoms with Crippen LogP contribution >= 0.6 is 0 Å². The number of benzene rings is 1. The highest BCUT2D eigenvalue weighted by molar-refractivity contribution is 5.89. The molecule has 1 fully saturated rings. The molecule has 0 atom stereocenters. The van der Waals surface area contributed by atoms with Gasteiger partial charge in [0, 0.05) is 31.9 Å². The molecule has 2 heterocycles. The van der Waals surface area contributed by atoms with Crippen LogP contribution in [0.3, 0.4) is 0 Å². The highest BCUT2D eigenvalue weighted by Gasteiger charge is 2.24. The van der Waals surface area contributed by atoms with E-state index in [-0.39, 0.29) is 6.03 Å². The smallest absolute Gasteiger partial charge is 0.321 e.